The molecule has 7 heteroatoms. The molecule has 1 amide bonds. The number of hydrogen-bond donors (Lipinski definition) is 3. The van der Waals surface area contributed by atoms with Gasteiger partial charge in [0, 0.05) is 11.3 Å². The third-order valence-electron chi connectivity index (χ3n) is 4.99. The molecule has 3 N–H and O–H groups in total. The molecular formula is C25H20N2O5. The maximum absolute atomic E-state index is 13.0. The Bertz CT molecular complexity index is 1230. The quantitative estimate of drug-likeness (QED) is 0.395. The van der Waals surface area contributed by atoms with Crippen LogP contribution in [0.4, 0.5) is 11.4 Å². The van der Waals surface area contributed by atoms with Crippen molar-refractivity contribution in [3.8, 4) is 0 Å². The summed E-state index contributed by atoms with van der Waals surface area (Å²) in [7, 11) is 0. The number of esters is 1. The van der Waals surface area contributed by atoms with Crippen LogP contribution in [0.25, 0.3) is 11.3 Å². The summed E-state index contributed by atoms with van der Waals surface area (Å²) in [6, 6.07) is 20.6. The predicted molar refractivity (Wildman–Crippen MR) is 121 cm³/mol. The fourth-order valence-electron chi connectivity index (χ4n) is 3.49. The molecule has 1 heterocycles. The van der Waals surface area contributed by atoms with Gasteiger partial charge in [-0.25, -0.2) is 9.59 Å². The molecule has 3 aromatic rings. The minimum atomic E-state index is -1.01. The summed E-state index contributed by atoms with van der Waals surface area (Å²) in [6.45, 7) is 1.99. The molecule has 0 unspecified atom stereocenters. The van der Waals surface area contributed by atoms with Crippen LogP contribution >= 0.6 is 0 Å². The second-order valence-electron chi connectivity index (χ2n) is 7.06. The summed E-state index contributed by atoms with van der Waals surface area (Å²) >= 11 is 0. The van der Waals surface area contributed by atoms with Crippen molar-refractivity contribution in [3.05, 3.63) is 95.1 Å². The van der Waals surface area contributed by atoms with Crippen LogP contribution in [0.3, 0.4) is 0 Å². The maximum Gasteiger partial charge on any atom is 0.338 e. The van der Waals surface area contributed by atoms with Crippen molar-refractivity contribution in [2.75, 3.05) is 17.2 Å². The zero-order chi connectivity index (χ0) is 22.7. The van der Waals surface area contributed by atoms with Gasteiger partial charge in [-0.05, 0) is 48.9 Å². The highest BCUT2D eigenvalue weighted by molar-refractivity contribution is 6.37. The lowest BCUT2D eigenvalue weighted by atomic mass is 9.99. The van der Waals surface area contributed by atoms with Crippen molar-refractivity contribution in [1.82, 2.24) is 0 Å². The zero-order valence-corrected chi connectivity index (χ0v) is 17.2. The predicted octanol–water partition coefficient (Wildman–Crippen LogP) is 4.49. The van der Waals surface area contributed by atoms with Crippen LogP contribution in [-0.2, 0) is 9.53 Å². The summed E-state index contributed by atoms with van der Waals surface area (Å²) in [5.74, 6) is -1.78. The van der Waals surface area contributed by atoms with E-state index in [0.717, 1.165) is 5.56 Å². The molecule has 0 saturated heterocycles. The first-order chi connectivity index (χ1) is 15.5. The Morgan fingerprint density at radius 3 is 2.28 bits per heavy atom. The number of carbonyl (C=O) groups is 3. The smallest absolute Gasteiger partial charge is 0.338 e. The zero-order valence-electron chi connectivity index (χ0n) is 17.2. The van der Waals surface area contributed by atoms with Crippen molar-refractivity contribution in [2.24, 2.45) is 0 Å². The molecule has 0 aromatic heterocycles. The first kappa shape index (κ1) is 20.9. The van der Waals surface area contributed by atoms with Crippen molar-refractivity contribution >= 4 is 40.5 Å². The van der Waals surface area contributed by atoms with Gasteiger partial charge in [0.15, 0.2) is 0 Å². The van der Waals surface area contributed by atoms with Gasteiger partial charge in [0.05, 0.1) is 34.7 Å². The van der Waals surface area contributed by atoms with Crippen LogP contribution in [0, 0.1) is 0 Å². The second-order valence-corrected chi connectivity index (χ2v) is 7.06. The van der Waals surface area contributed by atoms with E-state index in [1.807, 2.05) is 30.3 Å². The largest absolute Gasteiger partial charge is 0.478 e. The number of aromatic carboxylic acids is 1. The lowest BCUT2D eigenvalue weighted by molar-refractivity contribution is -0.110. The summed E-state index contributed by atoms with van der Waals surface area (Å²) in [5.41, 5.74) is 4.08. The molecule has 0 spiro atoms. The lowest BCUT2D eigenvalue weighted by Gasteiger charge is -2.15. The van der Waals surface area contributed by atoms with Crippen molar-refractivity contribution in [1.29, 1.82) is 0 Å². The molecule has 3 aromatic carbocycles. The summed E-state index contributed by atoms with van der Waals surface area (Å²) in [5, 5.41) is 15.2. The number of carboxylic acids is 1. The number of hydrogen-bond acceptors (Lipinski definition) is 5. The van der Waals surface area contributed by atoms with Gasteiger partial charge in [0.25, 0.3) is 5.91 Å². The topological polar surface area (TPSA) is 105 Å². The average Bonchev–Trinajstić information content (AvgIpc) is 3.13. The van der Waals surface area contributed by atoms with Gasteiger partial charge in [-0.2, -0.15) is 0 Å². The SMILES string of the molecule is CCOC(=O)c1ccc2c(c1)NC(=O)/C2=C(\Nc1ccc(C(=O)O)cc1)c1ccccc1. The molecule has 4 rings (SSSR count). The van der Waals surface area contributed by atoms with E-state index in [9.17, 15) is 14.4 Å². The van der Waals surface area contributed by atoms with E-state index in [2.05, 4.69) is 10.6 Å². The van der Waals surface area contributed by atoms with Gasteiger partial charge in [-0.1, -0.05) is 36.4 Å². The molecule has 0 radical (unpaired) electrons. The van der Waals surface area contributed by atoms with Crippen LogP contribution in [0.5, 0.6) is 0 Å². The van der Waals surface area contributed by atoms with Crippen LogP contribution in [-0.4, -0.2) is 29.6 Å². The van der Waals surface area contributed by atoms with E-state index < -0.39 is 11.9 Å². The van der Waals surface area contributed by atoms with Crippen LogP contribution in [0.2, 0.25) is 0 Å². The number of anilines is 2. The van der Waals surface area contributed by atoms with Crippen molar-refractivity contribution < 1.29 is 24.2 Å². The first-order valence-corrected chi connectivity index (χ1v) is 10.0. The Morgan fingerprint density at radius 1 is 0.938 bits per heavy atom. The van der Waals surface area contributed by atoms with Gasteiger partial charge in [0.1, 0.15) is 0 Å². The Morgan fingerprint density at radius 2 is 1.62 bits per heavy atom. The van der Waals surface area contributed by atoms with Gasteiger partial charge in [0.2, 0.25) is 0 Å². The second kappa shape index (κ2) is 8.77. The summed E-state index contributed by atoms with van der Waals surface area (Å²) < 4.78 is 5.05. The third-order valence-corrected chi connectivity index (χ3v) is 4.99. The van der Waals surface area contributed by atoms with Crippen LogP contribution in [0.15, 0.2) is 72.8 Å². The number of rotatable bonds is 6. The molecule has 7 nitrogen and oxygen atoms in total. The molecule has 0 bridgehead atoms. The molecule has 32 heavy (non-hydrogen) atoms. The molecule has 160 valence electrons. The number of carboxylic acid groups (broad SMARTS) is 1. The molecule has 1 aliphatic heterocycles. The molecule has 0 atom stereocenters. The fourth-order valence-corrected chi connectivity index (χ4v) is 3.49. The minimum absolute atomic E-state index is 0.167. The van der Waals surface area contributed by atoms with E-state index in [-0.39, 0.29) is 18.1 Å². The van der Waals surface area contributed by atoms with Gasteiger partial charge >= 0.3 is 11.9 Å². The molecular weight excluding hydrogens is 408 g/mol. The van der Waals surface area contributed by atoms with E-state index in [4.69, 9.17) is 9.84 Å². The van der Waals surface area contributed by atoms with Gasteiger partial charge < -0.3 is 20.5 Å². The van der Waals surface area contributed by atoms with E-state index in [1.165, 1.54) is 12.1 Å². The number of amides is 1. The first-order valence-electron chi connectivity index (χ1n) is 10.0. The standard InChI is InChI=1S/C25H20N2O5/c1-2-32-25(31)17-10-13-19-20(14-17)27-23(28)21(19)22(15-6-4-3-5-7-15)26-18-11-8-16(9-12-18)24(29)30/h3-14,26H,2H2,1H3,(H,27,28)(H,29,30)/b22-21-. The fraction of sp³-hybridized carbons (Fsp3) is 0.0800. The van der Waals surface area contributed by atoms with Gasteiger partial charge in [-0.3, -0.25) is 4.79 Å². The highest BCUT2D eigenvalue weighted by Crippen LogP contribution is 2.38. The number of carbonyl (C=O) groups excluding carboxylic acids is 2. The maximum atomic E-state index is 13.0. The third kappa shape index (κ3) is 4.09. The summed E-state index contributed by atoms with van der Waals surface area (Å²) in [4.78, 5) is 36.2. The Balaban J connectivity index is 1.80. The average molecular weight is 428 g/mol. The molecule has 0 saturated carbocycles. The van der Waals surface area contributed by atoms with E-state index in [0.29, 0.717) is 33.8 Å². The van der Waals surface area contributed by atoms with E-state index >= 15 is 0 Å². The number of nitrogens with one attached hydrogen (secondary N) is 2. The van der Waals surface area contributed by atoms with Gasteiger partial charge in [-0.15, -0.1) is 0 Å². The molecule has 1 aliphatic rings. The Kier molecular flexibility index (Phi) is 5.72. The van der Waals surface area contributed by atoms with Crippen LogP contribution < -0.4 is 10.6 Å². The highest BCUT2D eigenvalue weighted by Gasteiger charge is 2.29. The highest BCUT2D eigenvalue weighted by atomic mass is 16.5. The number of ether oxygens (including phenoxy) is 1. The lowest BCUT2D eigenvalue weighted by Crippen LogP contribution is -2.10. The Labute approximate surface area is 184 Å². The van der Waals surface area contributed by atoms with Crippen molar-refractivity contribution in [3.63, 3.8) is 0 Å². The number of benzene rings is 3. The monoisotopic (exact) mass is 428 g/mol. The van der Waals surface area contributed by atoms with E-state index in [1.54, 1.807) is 37.3 Å². The molecule has 0 fully saturated rings. The normalized spacial score (nSPS) is 13.7. The van der Waals surface area contributed by atoms with Crippen molar-refractivity contribution in [2.45, 2.75) is 6.92 Å². The number of fused-ring (bicyclic) bond motifs is 1. The minimum Gasteiger partial charge on any atom is -0.478 e. The van der Waals surface area contributed by atoms with Crippen LogP contribution in [0.1, 0.15) is 38.8 Å². The Hall–Kier alpha value is -4.39. The summed E-state index contributed by atoms with van der Waals surface area (Å²) in [6.07, 6.45) is 0. The molecule has 0 aliphatic carbocycles.